The highest BCUT2D eigenvalue weighted by Gasteiger charge is 2.17. The number of hydrogen-bond acceptors (Lipinski definition) is 6. The molecule has 0 spiro atoms. The van der Waals surface area contributed by atoms with E-state index in [0.29, 0.717) is 6.01 Å². The van der Waals surface area contributed by atoms with Gasteiger partial charge in [0, 0.05) is 44.5 Å². The lowest BCUT2D eigenvalue weighted by atomic mass is 10.2. The summed E-state index contributed by atoms with van der Waals surface area (Å²) in [5, 5.41) is 8.30. The maximum Gasteiger partial charge on any atom is 0.322 e. The Hall–Kier alpha value is -2.12. The first-order valence-corrected chi connectivity index (χ1v) is 8.48. The van der Waals surface area contributed by atoms with Gasteiger partial charge in [0.15, 0.2) is 5.82 Å². The molecule has 1 saturated heterocycles. The molecule has 1 atom stereocenters. The molecule has 24 heavy (non-hydrogen) atoms. The summed E-state index contributed by atoms with van der Waals surface area (Å²) in [5.41, 5.74) is 7.12. The van der Waals surface area contributed by atoms with Crippen molar-refractivity contribution in [3.8, 4) is 11.8 Å². The lowest BCUT2D eigenvalue weighted by molar-refractivity contribution is 0.312. The van der Waals surface area contributed by atoms with E-state index in [2.05, 4.69) is 39.2 Å². The predicted octanol–water partition coefficient (Wildman–Crippen LogP) is 1.86. The van der Waals surface area contributed by atoms with Gasteiger partial charge in [0.1, 0.15) is 5.75 Å². The molecule has 1 aromatic heterocycles. The number of benzene rings is 1. The highest BCUT2D eigenvalue weighted by atomic mass is 16.5. The third-order valence-electron chi connectivity index (χ3n) is 4.36. The molecule has 2 aromatic rings. The topological polar surface area (TPSA) is 72.4 Å². The number of anilines is 1. The second-order valence-corrected chi connectivity index (χ2v) is 6.26. The van der Waals surface area contributed by atoms with Gasteiger partial charge < -0.3 is 20.3 Å². The lowest BCUT2D eigenvalue weighted by Crippen LogP contribution is -2.44. The van der Waals surface area contributed by atoms with Gasteiger partial charge in [0.25, 0.3) is 0 Å². The third kappa shape index (κ3) is 3.52. The van der Waals surface area contributed by atoms with E-state index < -0.39 is 0 Å². The van der Waals surface area contributed by atoms with Crippen LogP contribution in [0.1, 0.15) is 25.7 Å². The van der Waals surface area contributed by atoms with E-state index in [1.165, 1.54) is 5.69 Å². The molecular formula is C17H26N6O. The maximum absolute atomic E-state index is 5.98. The number of ether oxygens (including phenoxy) is 1. The highest BCUT2D eigenvalue weighted by molar-refractivity contribution is 5.51. The molecule has 2 N–H and O–H groups in total. The molecule has 1 aliphatic heterocycles. The zero-order valence-electron chi connectivity index (χ0n) is 14.6. The average Bonchev–Trinajstić information content (AvgIpc) is 2.98. The molecule has 7 nitrogen and oxygen atoms in total. The summed E-state index contributed by atoms with van der Waals surface area (Å²) in [6, 6.07) is 8.45. The molecule has 1 unspecified atom stereocenters. The van der Waals surface area contributed by atoms with Crippen molar-refractivity contribution in [1.29, 1.82) is 0 Å². The number of rotatable bonds is 5. The molecule has 0 bridgehead atoms. The minimum atomic E-state index is -0.175. The van der Waals surface area contributed by atoms with Crippen LogP contribution in [0.15, 0.2) is 24.3 Å². The van der Waals surface area contributed by atoms with E-state index in [-0.39, 0.29) is 6.04 Å². The van der Waals surface area contributed by atoms with Gasteiger partial charge >= 0.3 is 6.01 Å². The van der Waals surface area contributed by atoms with Gasteiger partial charge in [-0.25, -0.2) is 0 Å². The zero-order valence-corrected chi connectivity index (χ0v) is 14.6. The maximum atomic E-state index is 5.98. The third-order valence-corrected chi connectivity index (χ3v) is 4.36. The fourth-order valence-corrected chi connectivity index (χ4v) is 2.92. The number of hydrogen-bond donors (Lipinski definition) is 1. The Bertz CT molecular complexity index is 675. The minimum absolute atomic E-state index is 0.175. The molecule has 2 heterocycles. The number of likely N-dealkylation sites (N-methyl/N-ethyl adjacent to an activating group) is 1. The molecule has 1 fully saturated rings. The number of aromatic nitrogens is 3. The molecule has 0 amide bonds. The Balaban J connectivity index is 1.78. The van der Waals surface area contributed by atoms with Crippen molar-refractivity contribution in [2.24, 2.45) is 5.73 Å². The summed E-state index contributed by atoms with van der Waals surface area (Å²) in [5.74, 6) is 1.51. The van der Waals surface area contributed by atoms with Gasteiger partial charge in [-0.15, -0.1) is 5.10 Å². The lowest BCUT2D eigenvalue weighted by Gasteiger charge is -2.34. The van der Waals surface area contributed by atoms with E-state index in [1.54, 1.807) is 0 Å². The Morgan fingerprint density at radius 3 is 2.62 bits per heavy atom. The van der Waals surface area contributed by atoms with Crippen molar-refractivity contribution in [2.45, 2.75) is 26.4 Å². The smallest absolute Gasteiger partial charge is 0.322 e. The van der Waals surface area contributed by atoms with Gasteiger partial charge in [-0.1, -0.05) is 11.2 Å². The summed E-state index contributed by atoms with van der Waals surface area (Å²) in [6.45, 7) is 8.86. The fraction of sp³-hybridized carbons (Fsp3) is 0.529. The van der Waals surface area contributed by atoms with Crippen molar-refractivity contribution >= 4 is 5.69 Å². The Labute approximate surface area is 143 Å². The first-order chi connectivity index (χ1) is 11.6. The van der Waals surface area contributed by atoms with Crippen LogP contribution < -0.4 is 15.4 Å². The van der Waals surface area contributed by atoms with Crippen molar-refractivity contribution in [3.05, 3.63) is 30.1 Å². The van der Waals surface area contributed by atoms with Crippen molar-refractivity contribution in [2.75, 3.05) is 38.1 Å². The molecule has 0 saturated carbocycles. The summed E-state index contributed by atoms with van der Waals surface area (Å²) in [6.07, 6.45) is 0. The van der Waals surface area contributed by atoms with Gasteiger partial charge in [0.05, 0.1) is 6.04 Å². The average molecular weight is 330 g/mol. The molecule has 3 rings (SSSR count). The van der Waals surface area contributed by atoms with Crippen LogP contribution >= 0.6 is 0 Å². The molecule has 130 valence electrons. The van der Waals surface area contributed by atoms with Crippen LogP contribution in [0.2, 0.25) is 0 Å². The minimum Gasteiger partial charge on any atom is -0.424 e. The first-order valence-electron chi connectivity index (χ1n) is 8.48. The summed E-state index contributed by atoms with van der Waals surface area (Å²) >= 11 is 0. The van der Waals surface area contributed by atoms with E-state index in [1.807, 2.05) is 30.5 Å². The van der Waals surface area contributed by atoms with Gasteiger partial charge in [0.2, 0.25) is 0 Å². The quantitative estimate of drug-likeness (QED) is 0.902. The normalized spacial score (nSPS) is 17.1. The van der Waals surface area contributed by atoms with Crippen LogP contribution in [0.5, 0.6) is 11.8 Å². The molecular weight excluding hydrogens is 304 g/mol. The van der Waals surface area contributed by atoms with Crippen molar-refractivity contribution < 1.29 is 4.74 Å². The van der Waals surface area contributed by atoms with Crippen LogP contribution in [0.3, 0.4) is 0 Å². The number of piperazine rings is 1. The second-order valence-electron chi connectivity index (χ2n) is 6.26. The van der Waals surface area contributed by atoms with E-state index in [0.717, 1.165) is 44.3 Å². The van der Waals surface area contributed by atoms with Gasteiger partial charge in [-0.05, 0) is 33.0 Å². The highest BCUT2D eigenvalue weighted by Crippen LogP contribution is 2.26. The van der Waals surface area contributed by atoms with Crippen LogP contribution in [0.4, 0.5) is 5.69 Å². The zero-order chi connectivity index (χ0) is 17.1. The van der Waals surface area contributed by atoms with Crippen molar-refractivity contribution in [1.82, 2.24) is 19.7 Å². The monoisotopic (exact) mass is 330 g/mol. The number of nitrogens with zero attached hydrogens (tertiary/aromatic N) is 5. The van der Waals surface area contributed by atoms with E-state index in [4.69, 9.17) is 10.5 Å². The summed E-state index contributed by atoms with van der Waals surface area (Å²) < 4.78 is 7.89. The second kappa shape index (κ2) is 7.19. The Morgan fingerprint density at radius 2 is 1.96 bits per heavy atom. The Kier molecular flexibility index (Phi) is 5.01. The molecule has 7 heteroatoms. The number of nitrogens with two attached hydrogens (primary N) is 1. The Morgan fingerprint density at radius 1 is 1.21 bits per heavy atom. The van der Waals surface area contributed by atoms with E-state index in [9.17, 15) is 0 Å². The van der Waals surface area contributed by atoms with Crippen LogP contribution in [0, 0.1) is 0 Å². The summed E-state index contributed by atoms with van der Waals surface area (Å²) in [4.78, 5) is 4.72. The summed E-state index contributed by atoms with van der Waals surface area (Å²) in [7, 11) is 2.16. The van der Waals surface area contributed by atoms with Crippen LogP contribution in [0.25, 0.3) is 0 Å². The van der Waals surface area contributed by atoms with Gasteiger partial charge in [-0.2, -0.15) is 0 Å². The molecule has 1 aromatic carbocycles. The fourth-order valence-electron chi connectivity index (χ4n) is 2.92. The molecule has 0 radical (unpaired) electrons. The predicted molar refractivity (Wildman–Crippen MR) is 94.5 cm³/mol. The first kappa shape index (κ1) is 16.7. The largest absolute Gasteiger partial charge is 0.424 e. The van der Waals surface area contributed by atoms with E-state index >= 15 is 0 Å². The SMILES string of the molecule is CCn1c(Oc2cccc(N3CCN(C)CC3)c2)nnc1C(C)N. The van der Waals surface area contributed by atoms with Crippen LogP contribution in [-0.2, 0) is 6.54 Å². The standard InChI is InChI=1S/C17H26N6O/c1-4-23-16(13(2)18)19-20-17(23)24-15-7-5-6-14(12-15)22-10-8-21(3)9-11-22/h5-7,12-13H,4,8-11,18H2,1-3H3. The molecule has 0 aliphatic carbocycles. The van der Waals surface area contributed by atoms with Crippen LogP contribution in [-0.4, -0.2) is 52.9 Å². The van der Waals surface area contributed by atoms with Gasteiger partial charge in [-0.3, -0.25) is 4.57 Å². The van der Waals surface area contributed by atoms with Crippen molar-refractivity contribution in [3.63, 3.8) is 0 Å². The molecule has 1 aliphatic rings.